The first-order valence-electron chi connectivity index (χ1n) is 17.8. The van der Waals surface area contributed by atoms with Crippen LogP contribution in [-0.4, -0.2) is 83.4 Å². The van der Waals surface area contributed by atoms with E-state index in [0.717, 1.165) is 0 Å². The predicted molar refractivity (Wildman–Crippen MR) is 196 cm³/mol. The Morgan fingerprint density at radius 2 is 1.37 bits per heavy atom. The van der Waals surface area contributed by atoms with Gasteiger partial charge in [-0.05, 0) is 81.0 Å². The molecule has 1 saturated carbocycles. The number of ketones is 1. The van der Waals surface area contributed by atoms with Gasteiger partial charge >= 0.3 is 11.9 Å². The van der Waals surface area contributed by atoms with Crippen molar-refractivity contribution in [2.75, 3.05) is 18.0 Å². The van der Waals surface area contributed by atoms with Gasteiger partial charge in [-0.25, -0.2) is 0 Å². The van der Waals surface area contributed by atoms with Crippen LogP contribution in [0, 0.1) is 5.92 Å². The minimum atomic E-state index is -4.53. The molecule has 2 aliphatic heterocycles. The molecule has 2 aromatic rings. The van der Waals surface area contributed by atoms with Gasteiger partial charge in [-0.15, -0.1) is 0 Å². The average molecular weight is 787 g/mol. The Labute approximate surface area is 315 Å². The van der Waals surface area contributed by atoms with Crippen molar-refractivity contribution >= 4 is 55.0 Å². The van der Waals surface area contributed by atoms with Crippen LogP contribution in [0.3, 0.4) is 0 Å². The van der Waals surface area contributed by atoms with Gasteiger partial charge in [-0.1, -0.05) is 32.4 Å². The highest BCUT2D eigenvalue weighted by molar-refractivity contribution is 7.86. The SMILES string of the molecule is CC1(C)C(=CC2C(=O)C(=CC3=[N+](CCCCCC(=O)O)c4ccc(S(=O)(=O)O)cc4C3(C)C)C2[O-])N(CCCCCC(=O)O)c2ccc(S(=O)(=O)O)cc21. The van der Waals surface area contributed by atoms with E-state index in [4.69, 9.17) is 10.2 Å². The lowest BCUT2D eigenvalue weighted by atomic mass is 9.71. The third-order valence-electron chi connectivity index (χ3n) is 10.7. The number of carboxylic acids is 2. The van der Waals surface area contributed by atoms with Gasteiger partial charge in [0.05, 0.1) is 15.2 Å². The van der Waals surface area contributed by atoms with Crippen LogP contribution in [0.15, 0.2) is 69.6 Å². The number of carboxylic acid groups (broad SMARTS) is 2. The summed E-state index contributed by atoms with van der Waals surface area (Å²) in [6, 6.07) is 8.46. The molecule has 16 heteroatoms. The number of carbonyl (C=O) groups is 3. The molecule has 2 unspecified atom stereocenters. The van der Waals surface area contributed by atoms with E-state index >= 15 is 0 Å². The third kappa shape index (κ3) is 8.08. The van der Waals surface area contributed by atoms with Crippen LogP contribution < -0.4 is 10.0 Å². The highest BCUT2D eigenvalue weighted by atomic mass is 32.2. The summed E-state index contributed by atoms with van der Waals surface area (Å²) in [5.41, 5.74) is 1.84. The zero-order valence-corrected chi connectivity index (χ0v) is 32.2. The zero-order chi connectivity index (χ0) is 40.0. The smallest absolute Gasteiger partial charge is 0.303 e. The maximum atomic E-state index is 14.0. The Bertz CT molecular complexity index is 2200. The van der Waals surface area contributed by atoms with Gasteiger partial charge in [-0.3, -0.25) is 23.5 Å². The van der Waals surface area contributed by atoms with E-state index in [1.54, 1.807) is 24.3 Å². The summed E-state index contributed by atoms with van der Waals surface area (Å²) < 4.78 is 69.6. The Kier molecular flexibility index (Phi) is 11.5. The van der Waals surface area contributed by atoms with Crippen molar-refractivity contribution in [3.8, 4) is 0 Å². The minimum Gasteiger partial charge on any atom is -0.848 e. The normalized spacial score (nSPS) is 21.8. The Hall–Kier alpha value is -4.22. The second-order valence-electron chi connectivity index (χ2n) is 15.1. The number of allylic oxidation sites excluding steroid dienone is 2. The summed E-state index contributed by atoms with van der Waals surface area (Å²) in [6.07, 6.45) is 4.95. The van der Waals surface area contributed by atoms with E-state index in [1.807, 2.05) is 37.2 Å². The summed E-state index contributed by atoms with van der Waals surface area (Å²) in [5.74, 6) is -3.29. The van der Waals surface area contributed by atoms with Crippen molar-refractivity contribution in [1.82, 2.24) is 0 Å². The standard InChI is InChI=1S/C38H46N2O12S2/c1-37(2)27-19-23(53(47,48)49)13-15-29(27)39(17-9-5-7-11-33(41)42)31(37)21-25-35(45)26(36(25)46)22-32-38(3,4)28-20-24(54(50,51)52)14-16-30(28)40(32)18-10-6-8-12-34(43)44/h13-16,19-22,25,35H,5-12,17-18H2,1-4H3,(H,41,42)(H,43,44)(H,47,48,49)(H,50,51,52). The van der Waals surface area contributed by atoms with E-state index in [-0.39, 0.29) is 28.2 Å². The van der Waals surface area contributed by atoms with E-state index in [0.29, 0.717) is 85.5 Å². The van der Waals surface area contributed by atoms with Gasteiger partial charge in [0, 0.05) is 66.2 Å². The number of aliphatic carboxylic acids is 2. The van der Waals surface area contributed by atoms with Crippen molar-refractivity contribution in [2.24, 2.45) is 5.92 Å². The molecule has 0 bridgehead atoms. The number of rotatable bonds is 16. The highest BCUT2D eigenvalue weighted by Gasteiger charge is 2.48. The number of anilines is 1. The molecule has 2 heterocycles. The van der Waals surface area contributed by atoms with Crippen molar-refractivity contribution in [3.05, 3.63) is 70.9 Å². The first kappa shape index (κ1) is 41.0. The summed E-state index contributed by atoms with van der Waals surface area (Å²) in [6.45, 7) is 8.11. The van der Waals surface area contributed by atoms with E-state index in [9.17, 15) is 45.4 Å². The number of unbranched alkanes of at least 4 members (excludes halogenated alkanes) is 4. The summed E-state index contributed by atoms with van der Waals surface area (Å²) in [4.78, 5) is 37.3. The van der Waals surface area contributed by atoms with Gasteiger partial charge in [0.1, 0.15) is 6.54 Å². The lowest BCUT2D eigenvalue weighted by Crippen LogP contribution is -2.53. The van der Waals surface area contributed by atoms with Crippen LogP contribution in [0.4, 0.5) is 11.4 Å². The lowest BCUT2D eigenvalue weighted by Gasteiger charge is -2.43. The number of carbonyl (C=O) groups excluding carboxylic acids is 1. The molecule has 292 valence electrons. The van der Waals surface area contributed by atoms with Crippen LogP contribution in [0.5, 0.6) is 0 Å². The molecule has 2 atom stereocenters. The van der Waals surface area contributed by atoms with Gasteiger partial charge in [0.15, 0.2) is 11.5 Å². The third-order valence-corrected chi connectivity index (χ3v) is 12.4. The second-order valence-corrected chi connectivity index (χ2v) is 18.0. The average Bonchev–Trinajstić information content (AvgIpc) is 3.41. The molecule has 1 aliphatic carbocycles. The molecule has 0 saturated heterocycles. The van der Waals surface area contributed by atoms with Gasteiger partial charge < -0.3 is 20.2 Å². The first-order valence-corrected chi connectivity index (χ1v) is 20.7. The maximum Gasteiger partial charge on any atom is 0.303 e. The molecular formula is C38H46N2O12S2. The van der Waals surface area contributed by atoms with Crippen LogP contribution in [0.1, 0.15) is 90.2 Å². The fourth-order valence-corrected chi connectivity index (χ4v) is 8.73. The first-order chi connectivity index (χ1) is 25.1. The fourth-order valence-electron chi connectivity index (χ4n) is 7.72. The fraction of sp³-hybridized carbons (Fsp3) is 0.474. The van der Waals surface area contributed by atoms with Crippen LogP contribution >= 0.6 is 0 Å². The Balaban J connectivity index is 1.50. The topological polar surface area (TPSA) is 230 Å². The Morgan fingerprint density at radius 3 is 1.93 bits per heavy atom. The van der Waals surface area contributed by atoms with Crippen molar-refractivity contribution in [3.63, 3.8) is 0 Å². The van der Waals surface area contributed by atoms with Gasteiger partial charge in [0.25, 0.3) is 20.2 Å². The molecule has 5 rings (SSSR count). The number of nitrogens with zero attached hydrogens (tertiary/aromatic N) is 2. The highest BCUT2D eigenvalue weighted by Crippen LogP contribution is 2.50. The minimum absolute atomic E-state index is 0.00934. The largest absolute Gasteiger partial charge is 0.848 e. The molecule has 0 radical (unpaired) electrons. The molecule has 0 amide bonds. The molecule has 3 aliphatic rings. The molecule has 4 N–H and O–H groups in total. The Morgan fingerprint density at radius 1 is 0.815 bits per heavy atom. The molecule has 2 aromatic carbocycles. The van der Waals surface area contributed by atoms with Crippen molar-refractivity contribution in [1.29, 1.82) is 0 Å². The summed E-state index contributed by atoms with van der Waals surface area (Å²) in [7, 11) is -9.06. The number of hydrogen-bond acceptors (Lipinski definition) is 9. The molecule has 14 nitrogen and oxygen atoms in total. The van der Waals surface area contributed by atoms with Crippen LogP contribution in [-0.2, 0) is 45.4 Å². The summed E-state index contributed by atoms with van der Waals surface area (Å²) >= 11 is 0. The molecule has 1 fully saturated rings. The van der Waals surface area contributed by atoms with Gasteiger partial charge in [0.2, 0.25) is 5.69 Å². The zero-order valence-electron chi connectivity index (χ0n) is 30.6. The molecule has 0 aromatic heterocycles. The monoisotopic (exact) mass is 786 g/mol. The number of Topliss-reactive ketones (excluding diaryl/α,β-unsaturated/α-hetero) is 1. The molecular weight excluding hydrogens is 741 g/mol. The number of hydrogen-bond donors (Lipinski definition) is 4. The molecule has 54 heavy (non-hydrogen) atoms. The quantitative estimate of drug-likeness (QED) is 0.0802. The summed E-state index contributed by atoms with van der Waals surface area (Å²) in [5, 5.41) is 32.1. The second kappa shape index (κ2) is 15.1. The van der Waals surface area contributed by atoms with Crippen molar-refractivity contribution in [2.45, 2.75) is 106 Å². The van der Waals surface area contributed by atoms with Crippen molar-refractivity contribution < 1.29 is 60.2 Å². The van der Waals surface area contributed by atoms with Gasteiger partial charge in [-0.2, -0.15) is 21.4 Å². The van der Waals surface area contributed by atoms with Crippen LogP contribution in [0.2, 0.25) is 0 Å². The van der Waals surface area contributed by atoms with Crippen LogP contribution in [0.25, 0.3) is 0 Å². The lowest BCUT2D eigenvalue weighted by molar-refractivity contribution is -0.438. The van der Waals surface area contributed by atoms with E-state index in [2.05, 4.69) is 0 Å². The van der Waals surface area contributed by atoms with E-state index in [1.165, 1.54) is 24.3 Å². The number of benzene rings is 2. The van der Waals surface area contributed by atoms with E-state index < -0.39 is 60.8 Å². The molecule has 0 spiro atoms. The maximum absolute atomic E-state index is 14.0. The predicted octanol–water partition coefficient (Wildman–Crippen LogP) is 4.38. The number of fused-ring (bicyclic) bond motifs is 2.